The first-order valence-electron chi connectivity index (χ1n) is 8.67. The van der Waals surface area contributed by atoms with Crippen LogP contribution in [0.25, 0.3) is 5.57 Å². The van der Waals surface area contributed by atoms with Gasteiger partial charge >= 0.3 is 5.97 Å². The molecule has 0 unspecified atom stereocenters. The highest BCUT2D eigenvalue weighted by Gasteiger charge is 2.29. The summed E-state index contributed by atoms with van der Waals surface area (Å²) in [6.07, 6.45) is 9.93. The van der Waals surface area contributed by atoms with Crippen molar-refractivity contribution in [1.29, 1.82) is 0 Å². The summed E-state index contributed by atoms with van der Waals surface area (Å²) >= 11 is 0. The molecular weight excluding hydrogens is 296 g/mol. The van der Waals surface area contributed by atoms with Crippen LogP contribution >= 0.6 is 0 Å². The molecule has 24 heavy (non-hydrogen) atoms. The first-order valence-corrected chi connectivity index (χ1v) is 8.67. The minimum absolute atomic E-state index is 0.278. The quantitative estimate of drug-likeness (QED) is 0.413. The molecule has 2 nitrogen and oxygen atoms in total. The molecule has 0 spiro atoms. The van der Waals surface area contributed by atoms with E-state index < -0.39 is 0 Å². The highest BCUT2D eigenvalue weighted by atomic mass is 16.5. The molecule has 0 heterocycles. The number of rotatable bonds is 5. The van der Waals surface area contributed by atoms with Crippen LogP contribution in [0.5, 0.6) is 0 Å². The molecule has 1 aromatic carbocycles. The van der Waals surface area contributed by atoms with Gasteiger partial charge in [0, 0.05) is 6.08 Å². The molecule has 0 fully saturated rings. The second-order valence-corrected chi connectivity index (χ2v) is 7.11. The number of fused-ring (bicyclic) bond motifs is 1. The topological polar surface area (TPSA) is 26.3 Å². The normalized spacial score (nSPS) is 17.2. The number of carbonyl (C=O) groups excluding carboxylic acids is 1. The summed E-state index contributed by atoms with van der Waals surface area (Å²) in [5.41, 5.74) is 6.62. The molecule has 0 atom stereocenters. The van der Waals surface area contributed by atoms with Crippen molar-refractivity contribution < 1.29 is 9.53 Å². The van der Waals surface area contributed by atoms with Crippen LogP contribution in [0.3, 0.4) is 0 Å². The number of aryl methyl sites for hydroxylation is 1. The summed E-state index contributed by atoms with van der Waals surface area (Å²) in [4.78, 5) is 11.4. The third kappa shape index (κ3) is 4.47. The third-order valence-electron chi connectivity index (χ3n) is 4.65. The van der Waals surface area contributed by atoms with Crippen LogP contribution in [0.4, 0.5) is 0 Å². The molecule has 2 heteroatoms. The second-order valence-electron chi connectivity index (χ2n) is 7.11. The van der Waals surface area contributed by atoms with Gasteiger partial charge in [-0.2, -0.15) is 0 Å². The molecule has 2 rings (SSSR count). The van der Waals surface area contributed by atoms with E-state index in [1.165, 1.54) is 41.2 Å². The Morgan fingerprint density at radius 3 is 2.75 bits per heavy atom. The standard InChI is InChI=1S/C22H28O2/c1-6-24-21(23)14-16(2)8-7-9-17(3)19-11-10-18-12-13-22(4,5)20(18)15-19/h7-11,14-15H,6,12-13H2,1-5H3/b8-7+,16-14+,17-9-. The van der Waals surface area contributed by atoms with Crippen LogP contribution in [-0.2, 0) is 21.4 Å². The lowest BCUT2D eigenvalue weighted by Crippen LogP contribution is -2.11. The van der Waals surface area contributed by atoms with E-state index in [-0.39, 0.29) is 11.4 Å². The van der Waals surface area contributed by atoms with Gasteiger partial charge in [-0.05, 0) is 66.9 Å². The van der Waals surface area contributed by atoms with E-state index in [0.29, 0.717) is 6.61 Å². The second kappa shape index (κ2) is 7.65. The molecular formula is C22H28O2. The molecule has 0 bridgehead atoms. The van der Waals surface area contributed by atoms with Crippen molar-refractivity contribution in [1.82, 2.24) is 0 Å². The van der Waals surface area contributed by atoms with E-state index in [4.69, 9.17) is 4.74 Å². The summed E-state index contributed by atoms with van der Waals surface area (Å²) in [5.74, 6) is -0.291. The maximum atomic E-state index is 11.4. The van der Waals surface area contributed by atoms with Gasteiger partial charge in [0.15, 0.2) is 0 Å². The monoisotopic (exact) mass is 324 g/mol. The zero-order chi connectivity index (χ0) is 17.7. The molecule has 0 N–H and O–H groups in total. The van der Waals surface area contributed by atoms with E-state index in [0.717, 1.165) is 5.57 Å². The molecule has 1 aromatic rings. The third-order valence-corrected chi connectivity index (χ3v) is 4.65. The zero-order valence-corrected chi connectivity index (χ0v) is 15.5. The SMILES string of the molecule is CCOC(=O)/C=C(C)/C=C/C=C(/C)c1ccc2c(c1)C(C)(C)CC2. The van der Waals surface area contributed by atoms with Gasteiger partial charge in [0.2, 0.25) is 0 Å². The van der Waals surface area contributed by atoms with Crippen molar-refractivity contribution in [3.05, 3.63) is 64.8 Å². The molecule has 0 radical (unpaired) electrons. The van der Waals surface area contributed by atoms with Crippen molar-refractivity contribution >= 4 is 11.5 Å². The fraction of sp³-hybridized carbons (Fsp3) is 0.409. The summed E-state index contributed by atoms with van der Waals surface area (Å²) < 4.78 is 4.91. The molecule has 0 aliphatic heterocycles. The van der Waals surface area contributed by atoms with Gasteiger partial charge in [0.1, 0.15) is 0 Å². The number of hydrogen-bond donors (Lipinski definition) is 0. The Morgan fingerprint density at radius 1 is 1.29 bits per heavy atom. The molecule has 1 aliphatic rings. The van der Waals surface area contributed by atoms with E-state index in [1.807, 2.05) is 19.1 Å². The van der Waals surface area contributed by atoms with E-state index >= 15 is 0 Å². The summed E-state index contributed by atoms with van der Waals surface area (Å²) in [6.45, 7) is 10.9. The van der Waals surface area contributed by atoms with Gasteiger partial charge in [-0.3, -0.25) is 0 Å². The Hall–Kier alpha value is -2.09. The number of benzene rings is 1. The predicted octanol–water partition coefficient (Wildman–Crippen LogP) is 5.38. The number of allylic oxidation sites excluding steroid dienone is 5. The van der Waals surface area contributed by atoms with Crippen molar-refractivity contribution in [2.24, 2.45) is 0 Å². The highest BCUT2D eigenvalue weighted by Crippen LogP contribution is 2.39. The number of esters is 1. The maximum absolute atomic E-state index is 11.4. The smallest absolute Gasteiger partial charge is 0.330 e. The minimum Gasteiger partial charge on any atom is -0.463 e. The van der Waals surface area contributed by atoms with Crippen LogP contribution in [0.1, 0.15) is 57.7 Å². The van der Waals surface area contributed by atoms with Crippen LogP contribution in [-0.4, -0.2) is 12.6 Å². The van der Waals surface area contributed by atoms with E-state index in [1.54, 1.807) is 6.92 Å². The summed E-state index contributed by atoms with van der Waals surface area (Å²) in [7, 11) is 0. The Balaban J connectivity index is 2.12. The first kappa shape index (κ1) is 18.3. The summed E-state index contributed by atoms with van der Waals surface area (Å²) in [6, 6.07) is 6.82. The van der Waals surface area contributed by atoms with Crippen LogP contribution in [0.15, 0.2) is 48.1 Å². The number of carbonyl (C=O) groups is 1. The predicted molar refractivity (Wildman–Crippen MR) is 101 cm³/mol. The molecule has 128 valence electrons. The lowest BCUT2D eigenvalue weighted by molar-refractivity contribution is -0.137. The fourth-order valence-corrected chi connectivity index (χ4v) is 3.11. The Bertz CT molecular complexity index is 703. The van der Waals surface area contributed by atoms with Crippen molar-refractivity contribution in [2.45, 2.75) is 52.9 Å². The zero-order valence-electron chi connectivity index (χ0n) is 15.5. The van der Waals surface area contributed by atoms with Crippen molar-refractivity contribution in [3.8, 4) is 0 Å². The molecule has 1 aliphatic carbocycles. The average molecular weight is 324 g/mol. The average Bonchev–Trinajstić information content (AvgIpc) is 2.82. The lowest BCUT2D eigenvalue weighted by atomic mass is 9.85. The number of hydrogen-bond acceptors (Lipinski definition) is 2. The van der Waals surface area contributed by atoms with Crippen LogP contribution < -0.4 is 0 Å². The number of ether oxygens (including phenoxy) is 1. The highest BCUT2D eigenvalue weighted by molar-refractivity contribution is 5.83. The molecule has 0 saturated heterocycles. The Kier molecular flexibility index (Phi) is 5.82. The van der Waals surface area contributed by atoms with Gasteiger partial charge in [-0.15, -0.1) is 0 Å². The largest absolute Gasteiger partial charge is 0.463 e. The Morgan fingerprint density at radius 2 is 2.04 bits per heavy atom. The van der Waals surface area contributed by atoms with Crippen LogP contribution in [0.2, 0.25) is 0 Å². The van der Waals surface area contributed by atoms with Gasteiger partial charge in [-0.1, -0.05) is 50.3 Å². The van der Waals surface area contributed by atoms with Gasteiger partial charge < -0.3 is 4.74 Å². The lowest BCUT2D eigenvalue weighted by Gasteiger charge is -2.19. The van der Waals surface area contributed by atoms with Gasteiger partial charge in [0.25, 0.3) is 0 Å². The first-order chi connectivity index (χ1) is 11.3. The molecule has 0 amide bonds. The maximum Gasteiger partial charge on any atom is 0.330 e. The van der Waals surface area contributed by atoms with Crippen molar-refractivity contribution in [2.75, 3.05) is 6.61 Å². The van der Waals surface area contributed by atoms with Crippen LogP contribution in [0, 0.1) is 0 Å². The molecule has 0 saturated carbocycles. The van der Waals surface area contributed by atoms with Gasteiger partial charge in [-0.25, -0.2) is 4.79 Å². The fourth-order valence-electron chi connectivity index (χ4n) is 3.11. The van der Waals surface area contributed by atoms with E-state index in [2.05, 4.69) is 45.0 Å². The molecule has 0 aromatic heterocycles. The van der Waals surface area contributed by atoms with E-state index in [9.17, 15) is 4.79 Å². The van der Waals surface area contributed by atoms with Crippen molar-refractivity contribution in [3.63, 3.8) is 0 Å². The van der Waals surface area contributed by atoms with Gasteiger partial charge in [0.05, 0.1) is 6.61 Å². The Labute approximate surface area is 145 Å². The summed E-state index contributed by atoms with van der Waals surface area (Å²) in [5, 5.41) is 0. The minimum atomic E-state index is -0.291.